The number of aromatic nitrogens is 2. The average Bonchev–Trinajstić information content (AvgIpc) is 2.77. The van der Waals surface area contributed by atoms with Gasteiger partial charge in [-0.25, -0.2) is 14.4 Å². The Morgan fingerprint density at radius 1 is 1.13 bits per heavy atom. The zero-order valence-electron chi connectivity index (χ0n) is 17.4. The van der Waals surface area contributed by atoms with Crippen molar-refractivity contribution in [2.45, 2.75) is 25.7 Å². The number of hydrogen-bond donors (Lipinski definition) is 2. The Morgan fingerprint density at radius 2 is 1.97 bits per heavy atom. The quantitative estimate of drug-likeness (QED) is 0.390. The third kappa shape index (κ3) is 6.04. The van der Waals surface area contributed by atoms with E-state index in [2.05, 4.69) is 36.5 Å². The number of ether oxygens (including phenoxy) is 2. The normalized spacial score (nSPS) is 10.7. The van der Waals surface area contributed by atoms with Crippen molar-refractivity contribution in [3.05, 3.63) is 46.9 Å². The van der Waals surface area contributed by atoms with Crippen LogP contribution in [0.2, 0.25) is 0 Å². The maximum absolute atomic E-state index is 14.2. The Balaban J connectivity index is 1.73. The summed E-state index contributed by atoms with van der Waals surface area (Å²) < 4.78 is 26.3. The molecule has 0 saturated heterocycles. The van der Waals surface area contributed by atoms with Crippen molar-refractivity contribution in [1.82, 2.24) is 15.3 Å². The van der Waals surface area contributed by atoms with Crippen LogP contribution in [0.3, 0.4) is 0 Å². The smallest absolute Gasteiger partial charge is 0.219 e. The van der Waals surface area contributed by atoms with Crippen molar-refractivity contribution in [2.24, 2.45) is 0 Å². The molecule has 2 N–H and O–H groups in total. The topological polar surface area (TPSA) is 85.4 Å². The molecule has 0 saturated carbocycles. The van der Waals surface area contributed by atoms with Crippen molar-refractivity contribution in [3.8, 4) is 11.5 Å². The maximum atomic E-state index is 14.2. The van der Waals surface area contributed by atoms with Gasteiger partial charge in [0.1, 0.15) is 18.0 Å². The number of hydrogen-bond acceptors (Lipinski definition) is 6. The van der Waals surface area contributed by atoms with Crippen LogP contribution < -0.4 is 20.1 Å². The molecule has 0 aliphatic rings. The number of rotatable bonds is 10. The standard InChI is InChI=1S/C22H24BrFN4O3/c1-25-21(29)6-4-3-5-9-31-20-12-18-15(11-19(20)30-2)22(27-13-26-18)28-17-8-7-14(23)10-16(17)24/h7-8,10-13H,3-6,9H2,1-2H3,(H,25,29)(H,26,27,28). The number of carbonyl (C=O) groups excluding carboxylic acids is 1. The fourth-order valence-corrected chi connectivity index (χ4v) is 3.36. The fraction of sp³-hybridized carbons (Fsp3) is 0.318. The van der Waals surface area contributed by atoms with Gasteiger partial charge in [-0.15, -0.1) is 0 Å². The van der Waals surface area contributed by atoms with Gasteiger partial charge in [0.05, 0.1) is 24.9 Å². The molecule has 0 fully saturated rings. The second kappa shape index (κ2) is 10.9. The summed E-state index contributed by atoms with van der Waals surface area (Å²) >= 11 is 3.25. The predicted octanol–water partition coefficient (Wildman–Crippen LogP) is 4.97. The molecule has 0 aliphatic carbocycles. The van der Waals surface area contributed by atoms with E-state index in [1.54, 1.807) is 38.4 Å². The van der Waals surface area contributed by atoms with E-state index in [1.807, 2.05) is 0 Å². The number of anilines is 2. The minimum atomic E-state index is -0.399. The number of halogens is 2. The van der Waals surface area contributed by atoms with Crippen molar-refractivity contribution in [1.29, 1.82) is 0 Å². The van der Waals surface area contributed by atoms with Crippen LogP contribution in [0.25, 0.3) is 10.9 Å². The average molecular weight is 491 g/mol. The number of nitrogens with one attached hydrogen (secondary N) is 2. The molecule has 0 atom stereocenters. The van der Waals surface area contributed by atoms with E-state index >= 15 is 0 Å². The van der Waals surface area contributed by atoms with E-state index in [4.69, 9.17) is 9.47 Å². The van der Waals surface area contributed by atoms with Gasteiger partial charge in [-0.2, -0.15) is 0 Å². The lowest BCUT2D eigenvalue weighted by molar-refractivity contribution is -0.120. The lowest BCUT2D eigenvalue weighted by Gasteiger charge is -2.14. The summed E-state index contributed by atoms with van der Waals surface area (Å²) in [5.74, 6) is 1.21. The number of benzene rings is 2. The van der Waals surface area contributed by atoms with Gasteiger partial charge in [0, 0.05) is 29.4 Å². The van der Waals surface area contributed by atoms with Gasteiger partial charge in [-0.3, -0.25) is 4.79 Å². The highest BCUT2D eigenvalue weighted by molar-refractivity contribution is 9.10. The molecule has 0 spiro atoms. The summed E-state index contributed by atoms with van der Waals surface area (Å²) in [6.07, 6.45) is 4.45. The molecule has 1 heterocycles. The SMILES string of the molecule is CNC(=O)CCCCCOc1cc2ncnc(Nc3ccc(Br)cc3F)c2cc1OC. The Bertz CT molecular complexity index is 1060. The molecule has 164 valence electrons. The first-order valence-corrected chi connectivity index (χ1v) is 10.7. The highest BCUT2D eigenvalue weighted by Crippen LogP contribution is 2.35. The molecule has 0 bridgehead atoms. The maximum Gasteiger partial charge on any atom is 0.219 e. The van der Waals surface area contributed by atoms with Crippen LogP contribution in [0.15, 0.2) is 41.1 Å². The molecule has 3 aromatic rings. The van der Waals surface area contributed by atoms with Gasteiger partial charge in [0.25, 0.3) is 0 Å². The predicted molar refractivity (Wildman–Crippen MR) is 122 cm³/mol. The van der Waals surface area contributed by atoms with E-state index in [1.165, 1.54) is 12.4 Å². The zero-order chi connectivity index (χ0) is 22.2. The van der Waals surface area contributed by atoms with Crippen LogP contribution in [-0.2, 0) is 4.79 Å². The molecular formula is C22H24BrFN4O3. The van der Waals surface area contributed by atoms with Gasteiger partial charge in [0.15, 0.2) is 11.5 Å². The van der Waals surface area contributed by atoms with Crippen molar-refractivity contribution in [2.75, 3.05) is 26.1 Å². The van der Waals surface area contributed by atoms with Crippen LogP contribution in [0.5, 0.6) is 11.5 Å². The minimum Gasteiger partial charge on any atom is -0.493 e. The van der Waals surface area contributed by atoms with Crippen molar-refractivity contribution >= 4 is 44.2 Å². The van der Waals surface area contributed by atoms with E-state index in [9.17, 15) is 9.18 Å². The monoisotopic (exact) mass is 490 g/mol. The first kappa shape index (κ1) is 22.7. The van der Waals surface area contributed by atoms with Crippen molar-refractivity contribution < 1.29 is 18.7 Å². The molecule has 3 rings (SSSR count). The van der Waals surface area contributed by atoms with Gasteiger partial charge in [-0.1, -0.05) is 15.9 Å². The van der Waals surface area contributed by atoms with Crippen LogP contribution in [0, 0.1) is 5.82 Å². The minimum absolute atomic E-state index is 0.0456. The molecule has 0 unspecified atom stereocenters. The number of amides is 1. The van der Waals surface area contributed by atoms with Gasteiger partial charge >= 0.3 is 0 Å². The lowest BCUT2D eigenvalue weighted by atomic mass is 10.2. The summed E-state index contributed by atoms with van der Waals surface area (Å²) in [5, 5.41) is 6.31. The molecule has 9 heteroatoms. The molecular weight excluding hydrogens is 467 g/mol. The Hall–Kier alpha value is -2.94. The molecule has 1 aromatic heterocycles. The summed E-state index contributed by atoms with van der Waals surface area (Å²) in [5.41, 5.74) is 0.949. The van der Waals surface area contributed by atoms with E-state index in [0.717, 1.165) is 19.3 Å². The van der Waals surface area contributed by atoms with Crippen molar-refractivity contribution in [3.63, 3.8) is 0 Å². The zero-order valence-corrected chi connectivity index (χ0v) is 19.0. The first-order valence-electron chi connectivity index (χ1n) is 9.90. The number of carbonyl (C=O) groups is 1. The molecule has 0 radical (unpaired) electrons. The van der Waals surface area contributed by atoms with Gasteiger partial charge in [-0.05, 0) is 43.5 Å². The largest absolute Gasteiger partial charge is 0.493 e. The summed E-state index contributed by atoms with van der Waals surface area (Å²) in [4.78, 5) is 19.8. The number of unbranched alkanes of at least 4 members (excludes halogenated alkanes) is 2. The number of methoxy groups -OCH3 is 1. The third-order valence-electron chi connectivity index (χ3n) is 4.69. The Kier molecular flexibility index (Phi) is 8.00. The molecule has 31 heavy (non-hydrogen) atoms. The van der Waals surface area contributed by atoms with Crippen LogP contribution in [0.1, 0.15) is 25.7 Å². The summed E-state index contributed by atoms with van der Waals surface area (Å²) in [6, 6.07) is 8.31. The number of nitrogens with zero attached hydrogens (tertiary/aromatic N) is 2. The van der Waals surface area contributed by atoms with Gasteiger partial charge < -0.3 is 20.1 Å². The second-order valence-electron chi connectivity index (χ2n) is 6.82. The van der Waals surface area contributed by atoms with Crippen LogP contribution in [0.4, 0.5) is 15.9 Å². The molecule has 1 amide bonds. The van der Waals surface area contributed by atoms with Crippen LogP contribution >= 0.6 is 15.9 Å². The third-order valence-corrected chi connectivity index (χ3v) is 5.18. The Labute approximate surface area is 188 Å². The van der Waals surface area contributed by atoms with E-state index in [0.29, 0.717) is 51.4 Å². The van der Waals surface area contributed by atoms with Gasteiger partial charge in [0.2, 0.25) is 5.91 Å². The molecule has 7 nitrogen and oxygen atoms in total. The molecule has 0 aliphatic heterocycles. The highest BCUT2D eigenvalue weighted by Gasteiger charge is 2.13. The number of fused-ring (bicyclic) bond motifs is 1. The van der Waals surface area contributed by atoms with E-state index < -0.39 is 5.82 Å². The lowest BCUT2D eigenvalue weighted by Crippen LogP contribution is -2.16. The molecule has 2 aromatic carbocycles. The van der Waals surface area contributed by atoms with Crippen LogP contribution in [-0.4, -0.2) is 36.6 Å². The second-order valence-corrected chi connectivity index (χ2v) is 7.74. The Morgan fingerprint density at radius 3 is 2.71 bits per heavy atom. The first-order chi connectivity index (χ1) is 15.0. The summed E-state index contributed by atoms with van der Waals surface area (Å²) in [6.45, 7) is 0.496. The fourth-order valence-electron chi connectivity index (χ4n) is 3.03. The summed E-state index contributed by atoms with van der Waals surface area (Å²) in [7, 11) is 3.19. The van der Waals surface area contributed by atoms with E-state index in [-0.39, 0.29) is 5.91 Å². The highest BCUT2D eigenvalue weighted by atomic mass is 79.9.